The van der Waals surface area contributed by atoms with E-state index in [2.05, 4.69) is 12.2 Å². The predicted molar refractivity (Wildman–Crippen MR) is 66.0 cm³/mol. The molecule has 1 aliphatic rings. The van der Waals surface area contributed by atoms with Crippen LogP contribution in [0.2, 0.25) is 0 Å². The van der Waals surface area contributed by atoms with E-state index >= 15 is 0 Å². The molecule has 1 aliphatic heterocycles. The SMILES string of the molecule is CCNC1CCOCC1Sc1ccoc1C. The van der Waals surface area contributed by atoms with Gasteiger partial charge in [0, 0.05) is 22.8 Å². The molecule has 3 nitrogen and oxygen atoms in total. The molecule has 16 heavy (non-hydrogen) atoms. The highest BCUT2D eigenvalue weighted by Gasteiger charge is 2.26. The van der Waals surface area contributed by atoms with Gasteiger partial charge in [0.1, 0.15) is 5.76 Å². The third-order valence-electron chi connectivity index (χ3n) is 2.86. The first-order chi connectivity index (χ1) is 7.81. The Labute approximate surface area is 101 Å². The minimum atomic E-state index is 0.491. The van der Waals surface area contributed by atoms with Crippen LogP contribution in [0.4, 0.5) is 0 Å². The Kier molecular flexibility index (Phi) is 4.32. The minimum absolute atomic E-state index is 0.491. The second kappa shape index (κ2) is 5.75. The summed E-state index contributed by atoms with van der Waals surface area (Å²) in [6, 6.07) is 2.59. The highest BCUT2D eigenvalue weighted by molar-refractivity contribution is 8.00. The zero-order chi connectivity index (χ0) is 11.4. The van der Waals surface area contributed by atoms with Crippen LogP contribution in [-0.4, -0.2) is 31.1 Å². The van der Waals surface area contributed by atoms with E-state index in [9.17, 15) is 0 Å². The van der Waals surface area contributed by atoms with E-state index < -0.39 is 0 Å². The molecule has 0 spiro atoms. The van der Waals surface area contributed by atoms with Crippen LogP contribution in [0.3, 0.4) is 0 Å². The van der Waals surface area contributed by atoms with Crippen LogP contribution >= 0.6 is 11.8 Å². The number of rotatable bonds is 4. The average Bonchev–Trinajstić information content (AvgIpc) is 2.68. The Hall–Kier alpha value is -0.450. The van der Waals surface area contributed by atoms with Crippen molar-refractivity contribution in [2.45, 2.75) is 36.5 Å². The Morgan fingerprint density at radius 2 is 2.44 bits per heavy atom. The fourth-order valence-electron chi connectivity index (χ4n) is 1.98. The molecule has 1 N–H and O–H groups in total. The van der Waals surface area contributed by atoms with Gasteiger partial charge in [-0.3, -0.25) is 0 Å². The van der Waals surface area contributed by atoms with E-state index in [-0.39, 0.29) is 0 Å². The van der Waals surface area contributed by atoms with E-state index in [4.69, 9.17) is 9.15 Å². The van der Waals surface area contributed by atoms with Gasteiger partial charge in [0.15, 0.2) is 0 Å². The third kappa shape index (κ3) is 2.81. The molecule has 2 heterocycles. The number of ether oxygens (including phenoxy) is 1. The summed E-state index contributed by atoms with van der Waals surface area (Å²) < 4.78 is 10.9. The lowest BCUT2D eigenvalue weighted by atomic mass is 10.1. The van der Waals surface area contributed by atoms with Crippen LogP contribution in [0, 0.1) is 6.92 Å². The molecule has 2 rings (SSSR count). The summed E-state index contributed by atoms with van der Waals surface area (Å²) in [5.74, 6) is 1.01. The van der Waals surface area contributed by atoms with Gasteiger partial charge in [0.25, 0.3) is 0 Å². The number of nitrogens with one attached hydrogen (secondary N) is 1. The summed E-state index contributed by atoms with van der Waals surface area (Å²) in [5.41, 5.74) is 0. The molecule has 0 aliphatic carbocycles. The molecular weight excluding hydrogens is 222 g/mol. The van der Waals surface area contributed by atoms with E-state index in [1.807, 2.05) is 24.8 Å². The topological polar surface area (TPSA) is 34.4 Å². The summed E-state index contributed by atoms with van der Waals surface area (Å²) in [4.78, 5) is 1.23. The lowest BCUT2D eigenvalue weighted by molar-refractivity contribution is 0.0837. The zero-order valence-corrected chi connectivity index (χ0v) is 10.7. The molecule has 2 atom stereocenters. The molecule has 4 heteroatoms. The number of furan rings is 1. The average molecular weight is 241 g/mol. The van der Waals surface area contributed by atoms with Gasteiger partial charge in [-0.25, -0.2) is 0 Å². The third-order valence-corrected chi connectivity index (χ3v) is 4.30. The van der Waals surface area contributed by atoms with Crippen molar-refractivity contribution in [3.63, 3.8) is 0 Å². The van der Waals surface area contributed by atoms with Gasteiger partial charge in [0.2, 0.25) is 0 Å². The van der Waals surface area contributed by atoms with Crippen molar-refractivity contribution in [3.8, 4) is 0 Å². The molecule has 90 valence electrons. The second-order valence-electron chi connectivity index (χ2n) is 4.03. The Morgan fingerprint density at radius 3 is 3.12 bits per heavy atom. The van der Waals surface area contributed by atoms with Gasteiger partial charge in [0.05, 0.1) is 12.9 Å². The first-order valence-electron chi connectivity index (χ1n) is 5.83. The van der Waals surface area contributed by atoms with E-state index in [1.54, 1.807) is 6.26 Å². The van der Waals surface area contributed by atoms with Crippen molar-refractivity contribution in [2.75, 3.05) is 19.8 Å². The van der Waals surface area contributed by atoms with Gasteiger partial charge in [-0.1, -0.05) is 6.92 Å². The lowest BCUT2D eigenvalue weighted by Gasteiger charge is -2.31. The van der Waals surface area contributed by atoms with Crippen LogP contribution in [0.25, 0.3) is 0 Å². The predicted octanol–water partition coefficient (Wildman–Crippen LogP) is 2.45. The van der Waals surface area contributed by atoms with E-state index in [0.29, 0.717) is 11.3 Å². The fraction of sp³-hybridized carbons (Fsp3) is 0.667. The number of aryl methyl sites for hydroxylation is 1. The molecule has 1 aromatic heterocycles. The highest BCUT2D eigenvalue weighted by atomic mass is 32.2. The lowest BCUT2D eigenvalue weighted by Crippen LogP contribution is -2.44. The first kappa shape index (κ1) is 12.0. The quantitative estimate of drug-likeness (QED) is 0.878. The number of thioether (sulfide) groups is 1. The fourth-order valence-corrected chi connectivity index (χ4v) is 3.22. The molecule has 0 amide bonds. The van der Waals surface area contributed by atoms with E-state index in [0.717, 1.165) is 31.9 Å². The summed E-state index contributed by atoms with van der Waals surface area (Å²) >= 11 is 1.86. The van der Waals surface area contributed by atoms with Crippen molar-refractivity contribution < 1.29 is 9.15 Å². The van der Waals surface area contributed by atoms with Crippen LogP contribution in [0.15, 0.2) is 21.6 Å². The first-order valence-corrected chi connectivity index (χ1v) is 6.71. The molecule has 1 aromatic rings. The Morgan fingerprint density at radius 1 is 1.56 bits per heavy atom. The monoisotopic (exact) mass is 241 g/mol. The summed E-state index contributed by atoms with van der Waals surface area (Å²) in [7, 11) is 0. The largest absolute Gasteiger partial charge is 0.468 e. The van der Waals surface area contributed by atoms with Crippen molar-refractivity contribution in [2.24, 2.45) is 0 Å². The Bertz CT molecular complexity index is 325. The van der Waals surface area contributed by atoms with Gasteiger partial charge >= 0.3 is 0 Å². The van der Waals surface area contributed by atoms with Crippen molar-refractivity contribution in [3.05, 3.63) is 18.1 Å². The Balaban J connectivity index is 1.98. The van der Waals surface area contributed by atoms with Gasteiger partial charge in [-0.15, -0.1) is 11.8 Å². The normalized spacial score (nSPS) is 25.9. The molecule has 1 saturated heterocycles. The maximum Gasteiger partial charge on any atom is 0.114 e. The minimum Gasteiger partial charge on any atom is -0.468 e. The van der Waals surface area contributed by atoms with Crippen LogP contribution in [0.1, 0.15) is 19.1 Å². The molecule has 0 bridgehead atoms. The number of hydrogen-bond acceptors (Lipinski definition) is 4. The second-order valence-corrected chi connectivity index (χ2v) is 5.31. The van der Waals surface area contributed by atoms with Crippen LogP contribution in [0.5, 0.6) is 0 Å². The molecule has 0 saturated carbocycles. The summed E-state index contributed by atoms with van der Waals surface area (Å²) in [5, 5.41) is 4.03. The van der Waals surface area contributed by atoms with Crippen molar-refractivity contribution in [1.29, 1.82) is 0 Å². The van der Waals surface area contributed by atoms with E-state index in [1.165, 1.54) is 4.90 Å². The molecular formula is C12H19NO2S. The number of hydrogen-bond donors (Lipinski definition) is 1. The standard InChI is InChI=1S/C12H19NO2S/c1-3-13-10-4-6-14-8-12(10)16-11-5-7-15-9(11)2/h5,7,10,12-13H,3-4,6,8H2,1-2H3. The summed E-state index contributed by atoms with van der Waals surface area (Å²) in [6.45, 7) is 6.88. The van der Waals surface area contributed by atoms with Gasteiger partial charge < -0.3 is 14.5 Å². The molecule has 1 fully saturated rings. The van der Waals surface area contributed by atoms with Gasteiger partial charge in [-0.05, 0) is 26.0 Å². The zero-order valence-electron chi connectivity index (χ0n) is 9.86. The highest BCUT2D eigenvalue weighted by Crippen LogP contribution is 2.31. The smallest absolute Gasteiger partial charge is 0.114 e. The van der Waals surface area contributed by atoms with Crippen molar-refractivity contribution >= 4 is 11.8 Å². The van der Waals surface area contributed by atoms with Crippen LogP contribution in [-0.2, 0) is 4.74 Å². The maximum absolute atomic E-state index is 5.56. The van der Waals surface area contributed by atoms with Crippen molar-refractivity contribution in [1.82, 2.24) is 5.32 Å². The van der Waals surface area contributed by atoms with Gasteiger partial charge in [-0.2, -0.15) is 0 Å². The molecule has 0 aromatic carbocycles. The van der Waals surface area contributed by atoms with Crippen LogP contribution < -0.4 is 5.32 Å². The molecule has 2 unspecified atom stereocenters. The maximum atomic E-state index is 5.56. The molecule has 0 radical (unpaired) electrons. The summed E-state index contributed by atoms with van der Waals surface area (Å²) in [6.07, 6.45) is 2.85.